The molecule has 18 heavy (non-hydrogen) atoms. The lowest BCUT2D eigenvalue weighted by Gasteiger charge is -2.38. The number of hydrogen-bond donors (Lipinski definition) is 1. The molecule has 1 rings (SSSR count). The van der Waals surface area contributed by atoms with Crippen molar-refractivity contribution >= 4 is 17.5 Å². The Kier molecular flexibility index (Phi) is 5.97. The maximum atomic E-state index is 12.4. The maximum Gasteiger partial charge on any atom is 0.223 e. The van der Waals surface area contributed by atoms with Crippen molar-refractivity contribution in [3.8, 4) is 0 Å². The van der Waals surface area contributed by atoms with Gasteiger partial charge in [-0.1, -0.05) is 40.5 Å². The average Bonchev–Trinajstić information content (AvgIpc) is 2.27. The van der Waals surface area contributed by atoms with Crippen LogP contribution in [0.1, 0.15) is 59.8 Å². The largest absolute Gasteiger partial charge is 0.353 e. The summed E-state index contributed by atoms with van der Waals surface area (Å²) >= 11 is 5.81. The van der Waals surface area contributed by atoms with Gasteiger partial charge >= 0.3 is 0 Å². The molecule has 0 radical (unpaired) electrons. The molecule has 3 heteroatoms. The maximum absolute atomic E-state index is 12.4. The molecule has 1 aliphatic rings. The summed E-state index contributed by atoms with van der Waals surface area (Å²) in [6.45, 7) is 8.73. The fourth-order valence-corrected chi connectivity index (χ4v) is 3.19. The number of rotatable bonds is 5. The molecule has 106 valence electrons. The molecule has 0 heterocycles. The molecule has 1 amide bonds. The van der Waals surface area contributed by atoms with Gasteiger partial charge in [-0.3, -0.25) is 4.79 Å². The van der Waals surface area contributed by atoms with Gasteiger partial charge in [-0.2, -0.15) is 0 Å². The number of alkyl halides is 1. The van der Waals surface area contributed by atoms with Gasteiger partial charge < -0.3 is 5.32 Å². The normalized spacial score (nSPS) is 24.9. The fourth-order valence-electron chi connectivity index (χ4n) is 2.95. The van der Waals surface area contributed by atoms with Crippen LogP contribution in [-0.2, 0) is 4.79 Å². The Balaban J connectivity index is 2.62. The lowest BCUT2D eigenvalue weighted by atomic mass is 9.68. The van der Waals surface area contributed by atoms with E-state index in [-0.39, 0.29) is 23.3 Å². The summed E-state index contributed by atoms with van der Waals surface area (Å²) in [4.78, 5) is 12.4. The first-order valence-electron chi connectivity index (χ1n) is 7.25. The molecule has 0 saturated heterocycles. The zero-order valence-electron chi connectivity index (χ0n) is 12.3. The number of halogens is 1. The van der Waals surface area contributed by atoms with E-state index in [9.17, 15) is 4.79 Å². The molecule has 1 saturated carbocycles. The summed E-state index contributed by atoms with van der Waals surface area (Å²) in [5.74, 6) is 1.46. The summed E-state index contributed by atoms with van der Waals surface area (Å²) in [7, 11) is 0. The van der Waals surface area contributed by atoms with Crippen molar-refractivity contribution in [2.45, 2.75) is 65.8 Å². The van der Waals surface area contributed by atoms with Gasteiger partial charge in [0.05, 0.1) is 0 Å². The van der Waals surface area contributed by atoms with E-state index in [1.807, 2.05) is 0 Å². The van der Waals surface area contributed by atoms with Crippen molar-refractivity contribution < 1.29 is 4.79 Å². The van der Waals surface area contributed by atoms with E-state index in [1.165, 1.54) is 12.8 Å². The number of carbonyl (C=O) groups excluding carboxylic acids is 1. The van der Waals surface area contributed by atoms with Crippen LogP contribution in [0.2, 0.25) is 0 Å². The molecular formula is C15H28ClNO. The van der Waals surface area contributed by atoms with Crippen LogP contribution in [0.25, 0.3) is 0 Å². The van der Waals surface area contributed by atoms with Crippen LogP contribution in [0.15, 0.2) is 0 Å². The topological polar surface area (TPSA) is 29.1 Å². The van der Waals surface area contributed by atoms with E-state index < -0.39 is 0 Å². The van der Waals surface area contributed by atoms with Gasteiger partial charge in [0.25, 0.3) is 0 Å². The third-order valence-corrected chi connectivity index (χ3v) is 4.59. The molecule has 2 nitrogen and oxygen atoms in total. The minimum absolute atomic E-state index is 0.144. The summed E-state index contributed by atoms with van der Waals surface area (Å²) in [5.41, 5.74) is 0.144. The number of carbonyl (C=O) groups is 1. The van der Waals surface area contributed by atoms with Crippen LogP contribution in [0.5, 0.6) is 0 Å². The van der Waals surface area contributed by atoms with Gasteiger partial charge in [0, 0.05) is 17.8 Å². The smallest absolute Gasteiger partial charge is 0.223 e. The van der Waals surface area contributed by atoms with Gasteiger partial charge in [0.2, 0.25) is 5.91 Å². The van der Waals surface area contributed by atoms with E-state index in [2.05, 4.69) is 33.0 Å². The predicted molar refractivity (Wildman–Crippen MR) is 77.8 cm³/mol. The zero-order valence-corrected chi connectivity index (χ0v) is 13.0. The lowest BCUT2D eigenvalue weighted by Crippen LogP contribution is -2.46. The molecule has 0 bridgehead atoms. The summed E-state index contributed by atoms with van der Waals surface area (Å²) in [5, 5.41) is 3.22. The first kappa shape index (κ1) is 15.8. The lowest BCUT2D eigenvalue weighted by molar-refractivity contribution is -0.131. The molecule has 0 aromatic carbocycles. The highest BCUT2D eigenvalue weighted by molar-refractivity contribution is 6.17. The fraction of sp³-hybridized carbons (Fsp3) is 0.933. The Hall–Kier alpha value is -0.240. The van der Waals surface area contributed by atoms with Crippen molar-refractivity contribution in [3.63, 3.8) is 0 Å². The van der Waals surface area contributed by atoms with Crippen LogP contribution in [0.3, 0.4) is 0 Å². The zero-order chi connectivity index (χ0) is 13.8. The Labute approximate surface area is 117 Å². The van der Waals surface area contributed by atoms with Gasteiger partial charge in [0.1, 0.15) is 0 Å². The highest BCUT2D eigenvalue weighted by Gasteiger charge is 2.37. The van der Waals surface area contributed by atoms with Crippen molar-refractivity contribution in [2.24, 2.45) is 17.3 Å². The van der Waals surface area contributed by atoms with E-state index in [0.29, 0.717) is 11.8 Å². The van der Waals surface area contributed by atoms with Crippen LogP contribution in [0.4, 0.5) is 0 Å². The Morgan fingerprint density at radius 1 is 1.39 bits per heavy atom. The first-order chi connectivity index (χ1) is 8.38. The third-order valence-electron chi connectivity index (χ3n) is 4.38. The molecule has 0 aliphatic heterocycles. The first-order valence-corrected chi connectivity index (χ1v) is 7.78. The number of hydrogen-bond acceptors (Lipinski definition) is 1. The van der Waals surface area contributed by atoms with Crippen molar-refractivity contribution in [1.82, 2.24) is 5.32 Å². The SMILES string of the molecule is CC(C)C(CCCl)NC(=O)C1CCCCC1(C)C. The highest BCUT2D eigenvalue weighted by atomic mass is 35.5. The molecule has 0 aromatic heterocycles. The summed E-state index contributed by atoms with van der Waals surface area (Å²) in [6, 6.07) is 0.215. The van der Waals surface area contributed by atoms with Gasteiger partial charge in [0.15, 0.2) is 0 Å². The predicted octanol–water partition coefficient (Wildman–Crippen LogP) is 3.97. The second kappa shape index (κ2) is 6.79. The van der Waals surface area contributed by atoms with Crippen LogP contribution in [0, 0.1) is 17.3 Å². The van der Waals surface area contributed by atoms with Crippen LogP contribution >= 0.6 is 11.6 Å². The molecule has 2 unspecified atom stereocenters. The quantitative estimate of drug-likeness (QED) is 0.755. The molecule has 1 aliphatic carbocycles. The molecule has 0 aromatic rings. The highest BCUT2D eigenvalue weighted by Crippen LogP contribution is 2.40. The Bertz CT molecular complexity index is 276. The van der Waals surface area contributed by atoms with Gasteiger partial charge in [-0.25, -0.2) is 0 Å². The molecular weight excluding hydrogens is 246 g/mol. The Morgan fingerprint density at radius 2 is 2.06 bits per heavy atom. The van der Waals surface area contributed by atoms with E-state index in [4.69, 9.17) is 11.6 Å². The van der Waals surface area contributed by atoms with Crippen molar-refractivity contribution in [3.05, 3.63) is 0 Å². The minimum atomic E-state index is 0.144. The molecule has 0 spiro atoms. The second-order valence-corrected chi connectivity index (χ2v) is 7.00. The van der Waals surface area contributed by atoms with E-state index >= 15 is 0 Å². The van der Waals surface area contributed by atoms with Gasteiger partial charge in [-0.15, -0.1) is 11.6 Å². The standard InChI is InChI=1S/C15H28ClNO/c1-11(2)13(8-10-16)17-14(18)12-7-5-6-9-15(12,3)4/h11-13H,5-10H2,1-4H3,(H,17,18). The third kappa shape index (κ3) is 4.15. The average molecular weight is 274 g/mol. The summed E-state index contributed by atoms with van der Waals surface area (Å²) < 4.78 is 0. The molecule has 1 N–H and O–H groups in total. The number of amides is 1. The number of nitrogens with one attached hydrogen (secondary N) is 1. The second-order valence-electron chi connectivity index (χ2n) is 6.62. The molecule has 1 fully saturated rings. The van der Waals surface area contributed by atoms with E-state index in [0.717, 1.165) is 19.3 Å². The minimum Gasteiger partial charge on any atom is -0.353 e. The Morgan fingerprint density at radius 3 is 2.56 bits per heavy atom. The van der Waals surface area contributed by atoms with Gasteiger partial charge in [-0.05, 0) is 30.6 Å². The van der Waals surface area contributed by atoms with Crippen molar-refractivity contribution in [2.75, 3.05) is 5.88 Å². The van der Waals surface area contributed by atoms with Crippen molar-refractivity contribution in [1.29, 1.82) is 0 Å². The molecule has 2 atom stereocenters. The summed E-state index contributed by atoms with van der Waals surface area (Å²) in [6.07, 6.45) is 5.49. The van der Waals surface area contributed by atoms with Crippen LogP contribution in [-0.4, -0.2) is 17.8 Å². The monoisotopic (exact) mass is 273 g/mol. The van der Waals surface area contributed by atoms with E-state index in [1.54, 1.807) is 0 Å². The van der Waals surface area contributed by atoms with Crippen LogP contribution < -0.4 is 5.32 Å².